The van der Waals surface area contributed by atoms with Crippen molar-refractivity contribution in [3.8, 4) is 0 Å². The standard InChI is InChI=1S/C18H19FN2O4S2/c19-14-8-10-5-6-20-18(23)13(10)9-15(14)21-27(24,25)17-4-3-16(26-17)11-1-2-12(22)7-11/h4-6,8-9,11-12,16,21-22H,1-3,7H2,(H,20,23)/t11-,12-,16?/m0/s1. The predicted molar refractivity (Wildman–Crippen MR) is 104 cm³/mol. The Kier molecular flexibility index (Phi) is 4.77. The highest BCUT2D eigenvalue weighted by Gasteiger charge is 2.36. The molecule has 2 aromatic rings. The summed E-state index contributed by atoms with van der Waals surface area (Å²) < 4.78 is 42.2. The number of rotatable bonds is 4. The van der Waals surface area contributed by atoms with E-state index >= 15 is 0 Å². The molecule has 4 rings (SSSR count). The number of aliphatic hydroxyl groups excluding tert-OH is 1. The zero-order valence-corrected chi connectivity index (χ0v) is 15.9. The van der Waals surface area contributed by atoms with Crippen LogP contribution in [0, 0.1) is 11.7 Å². The molecule has 1 aromatic carbocycles. The second kappa shape index (κ2) is 6.96. The maximum absolute atomic E-state index is 14.3. The summed E-state index contributed by atoms with van der Waals surface area (Å²) in [5.41, 5.74) is -0.664. The quantitative estimate of drug-likeness (QED) is 0.720. The number of aromatic nitrogens is 1. The molecule has 1 aliphatic carbocycles. The molecule has 3 N–H and O–H groups in total. The Morgan fingerprint density at radius 1 is 1.30 bits per heavy atom. The van der Waals surface area contributed by atoms with Gasteiger partial charge in [0.2, 0.25) is 0 Å². The Hall–Kier alpha value is -1.84. The number of H-pyrrole nitrogens is 1. The SMILES string of the molecule is O=c1[nH]ccc2cc(F)c(NS(=O)(=O)C3=CCC([C@H]4CC[C@H](O)C4)S3)cc12. The van der Waals surface area contributed by atoms with Gasteiger partial charge in [0.15, 0.2) is 0 Å². The van der Waals surface area contributed by atoms with Gasteiger partial charge in [0, 0.05) is 16.8 Å². The van der Waals surface area contributed by atoms with Crippen LogP contribution in [-0.4, -0.2) is 29.9 Å². The number of aliphatic hydroxyl groups is 1. The Bertz CT molecular complexity index is 1080. The Morgan fingerprint density at radius 3 is 2.85 bits per heavy atom. The summed E-state index contributed by atoms with van der Waals surface area (Å²) in [6, 6.07) is 3.90. The fourth-order valence-electron chi connectivity index (χ4n) is 3.73. The van der Waals surface area contributed by atoms with Gasteiger partial charge in [-0.3, -0.25) is 9.52 Å². The van der Waals surface area contributed by atoms with Crippen LogP contribution in [-0.2, 0) is 10.0 Å². The van der Waals surface area contributed by atoms with E-state index in [1.807, 2.05) is 0 Å². The zero-order valence-electron chi connectivity index (χ0n) is 14.3. The molecule has 27 heavy (non-hydrogen) atoms. The minimum atomic E-state index is -3.93. The molecular formula is C18H19FN2O4S2. The highest BCUT2D eigenvalue weighted by Crippen LogP contribution is 2.45. The number of allylic oxidation sites excluding steroid dienone is 1. The van der Waals surface area contributed by atoms with Gasteiger partial charge in [-0.05, 0) is 55.2 Å². The van der Waals surface area contributed by atoms with Gasteiger partial charge in [0.05, 0.1) is 11.8 Å². The number of benzene rings is 1. The number of fused-ring (bicyclic) bond motifs is 1. The highest BCUT2D eigenvalue weighted by molar-refractivity contribution is 8.19. The van der Waals surface area contributed by atoms with Crippen molar-refractivity contribution in [1.82, 2.24) is 4.98 Å². The average Bonchev–Trinajstić information content (AvgIpc) is 3.25. The van der Waals surface area contributed by atoms with Crippen molar-refractivity contribution in [1.29, 1.82) is 0 Å². The number of aromatic amines is 1. The van der Waals surface area contributed by atoms with E-state index in [1.165, 1.54) is 24.0 Å². The lowest BCUT2D eigenvalue weighted by Gasteiger charge is -2.18. The molecule has 6 nitrogen and oxygen atoms in total. The van der Waals surface area contributed by atoms with Crippen molar-refractivity contribution in [2.75, 3.05) is 4.72 Å². The number of thioether (sulfide) groups is 1. The first-order valence-electron chi connectivity index (χ1n) is 8.72. The van der Waals surface area contributed by atoms with Crippen molar-refractivity contribution >= 4 is 38.2 Å². The van der Waals surface area contributed by atoms with Crippen LogP contribution >= 0.6 is 11.8 Å². The molecule has 1 unspecified atom stereocenters. The minimum Gasteiger partial charge on any atom is -0.393 e. The summed E-state index contributed by atoms with van der Waals surface area (Å²) in [5, 5.41) is 10.4. The van der Waals surface area contributed by atoms with Gasteiger partial charge in [0.1, 0.15) is 10.1 Å². The van der Waals surface area contributed by atoms with Crippen LogP contribution in [0.1, 0.15) is 25.7 Å². The van der Waals surface area contributed by atoms with E-state index in [4.69, 9.17) is 0 Å². The lowest BCUT2D eigenvalue weighted by Crippen LogP contribution is -2.16. The third kappa shape index (κ3) is 3.63. The Labute approximate surface area is 159 Å². The molecule has 3 atom stereocenters. The second-order valence-corrected chi connectivity index (χ2v) is 10.2. The second-order valence-electron chi connectivity index (χ2n) is 6.97. The molecule has 9 heteroatoms. The molecule has 1 aliphatic heterocycles. The van der Waals surface area contributed by atoms with E-state index in [-0.39, 0.29) is 32.6 Å². The summed E-state index contributed by atoms with van der Waals surface area (Å²) in [6.45, 7) is 0. The van der Waals surface area contributed by atoms with Gasteiger partial charge < -0.3 is 10.1 Å². The van der Waals surface area contributed by atoms with Crippen molar-refractivity contribution in [3.63, 3.8) is 0 Å². The maximum atomic E-state index is 14.3. The van der Waals surface area contributed by atoms with E-state index in [0.29, 0.717) is 18.2 Å². The smallest absolute Gasteiger partial charge is 0.267 e. The van der Waals surface area contributed by atoms with E-state index in [0.717, 1.165) is 18.9 Å². The van der Waals surface area contributed by atoms with E-state index in [1.54, 1.807) is 12.1 Å². The average molecular weight is 410 g/mol. The molecule has 0 saturated heterocycles. The largest absolute Gasteiger partial charge is 0.393 e. The Balaban J connectivity index is 1.55. The van der Waals surface area contributed by atoms with Crippen LogP contribution in [0.4, 0.5) is 10.1 Å². The van der Waals surface area contributed by atoms with Crippen molar-refractivity contribution in [2.24, 2.45) is 5.92 Å². The summed E-state index contributed by atoms with van der Waals surface area (Å²) in [5.74, 6) is -0.458. The molecule has 0 amide bonds. The van der Waals surface area contributed by atoms with Gasteiger partial charge in [0.25, 0.3) is 15.6 Å². The molecular weight excluding hydrogens is 391 g/mol. The highest BCUT2D eigenvalue weighted by atomic mass is 32.3. The number of halogens is 1. The zero-order chi connectivity index (χ0) is 19.2. The van der Waals surface area contributed by atoms with Crippen LogP contribution in [0.2, 0.25) is 0 Å². The lowest BCUT2D eigenvalue weighted by atomic mass is 10.0. The summed E-state index contributed by atoms with van der Waals surface area (Å²) in [4.78, 5) is 14.4. The number of hydrogen-bond donors (Lipinski definition) is 3. The number of nitrogens with one attached hydrogen (secondary N) is 2. The third-order valence-corrected chi connectivity index (χ3v) is 8.54. The third-order valence-electron chi connectivity index (χ3n) is 5.13. The van der Waals surface area contributed by atoms with Gasteiger partial charge in [-0.25, -0.2) is 12.8 Å². The fraction of sp³-hybridized carbons (Fsp3) is 0.389. The summed E-state index contributed by atoms with van der Waals surface area (Å²) >= 11 is 1.26. The molecule has 0 bridgehead atoms. The van der Waals surface area contributed by atoms with Crippen molar-refractivity contribution in [2.45, 2.75) is 37.0 Å². The Morgan fingerprint density at radius 2 is 2.11 bits per heavy atom. The van der Waals surface area contributed by atoms with Crippen molar-refractivity contribution < 1.29 is 17.9 Å². The topological polar surface area (TPSA) is 99.3 Å². The number of hydrogen-bond acceptors (Lipinski definition) is 5. The van der Waals surface area contributed by atoms with Crippen molar-refractivity contribution in [3.05, 3.63) is 50.9 Å². The maximum Gasteiger partial charge on any atom is 0.267 e. The molecule has 1 saturated carbocycles. The number of sulfonamides is 1. The normalized spacial score (nSPS) is 25.7. The molecule has 2 aliphatic rings. The van der Waals surface area contributed by atoms with Crippen LogP contribution < -0.4 is 10.3 Å². The fourth-order valence-corrected chi connectivity index (χ4v) is 6.72. The molecule has 1 aromatic heterocycles. The monoisotopic (exact) mass is 410 g/mol. The first-order chi connectivity index (χ1) is 12.8. The summed E-state index contributed by atoms with van der Waals surface area (Å²) in [6.07, 6.45) is 5.68. The van der Waals surface area contributed by atoms with Crippen LogP contribution in [0.15, 0.2) is 39.5 Å². The molecule has 144 valence electrons. The molecule has 0 radical (unpaired) electrons. The minimum absolute atomic E-state index is 0.109. The van der Waals surface area contributed by atoms with E-state index < -0.39 is 21.4 Å². The van der Waals surface area contributed by atoms with Crippen LogP contribution in [0.5, 0.6) is 0 Å². The first-order valence-corrected chi connectivity index (χ1v) is 11.1. The molecule has 1 fully saturated rings. The van der Waals surface area contributed by atoms with E-state index in [2.05, 4.69) is 9.71 Å². The first kappa shape index (κ1) is 18.5. The van der Waals surface area contributed by atoms with Gasteiger partial charge in [-0.2, -0.15) is 0 Å². The molecule has 2 heterocycles. The van der Waals surface area contributed by atoms with Crippen LogP contribution in [0.3, 0.4) is 0 Å². The van der Waals surface area contributed by atoms with Crippen LogP contribution in [0.25, 0.3) is 10.8 Å². The summed E-state index contributed by atoms with van der Waals surface area (Å²) in [7, 11) is -3.93. The predicted octanol–water partition coefficient (Wildman–Crippen LogP) is 2.92. The van der Waals surface area contributed by atoms with Gasteiger partial charge >= 0.3 is 0 Å². The number of anilines is 1. The van der Waals surface area contributed by atoms with Gasteiger partial charge in [-0.1, -0.05) is 6.08 Å². The molecule has 0 spiro atoms. The van der Waals surface area contributed by atoms with E-state index in [9.17, 15) is 22.7 Å². The van der Waals surface area contributed by atoms with Gasteiger partial charge in [-0.15, -0.1) is 11.8 Å². The lowest BCUT2D eigenvalue weighted by molar-refractivity contribution is 0.177. The number of pyridine rings is 1.